The largest absolute Gasteiger partial charge is 0.458 e. The number of carbonyl (C=O) groups excluding carboxylic acids is 2. The highest BCUT2D eigenvalue weighted by Gasteiger charge is 2.28. The van der Waals surface area contributed by atoms with Crippen LogP contribution in [0.5, 0.6) is 11.5 Å². The lowest BCUT2D eigenvalue weighted by atomic mass is 10.1. The van der Waals surface area contributed by atoms with Crippen LogP contribution in [0.25, 0.3) is 0 Å². The summed E-state index contributed by atoms with van der Waals surface area (Å²) in [6.07, 6.45) is 0.980. The summed E-state index contributed by atoms with van der Waals surface area (Å²) in [5.74, 6) is -0.922. The highest BCUT2D eigenvalue weighted by molar-refractivity contribution is 6.01. The number of hydrogen-bond acceptors (Lipinski definition) is 7. The first-order chi connectivity index (χ1) is 12.7. The van der Waals surface area contributed by atoms with Gasteiger partial charge in [-0.2, -0.15) is 0 Å². The Balaban J connectivity index is 1.34. The van der Waals surface area contributed by atoms with Gasteiger partial charge in [-0.3, -0.25) is 0 Å². The fourth-order valence-electron chi connectivity index (χ4n) is 2.54. The zero-order chi connectivity index (χ0) is 17.9. The number of rotatable bonds is 4. The zero-order valence-corrected chi connectivity index (χ0v) is 13.5. The third-order valence-corrected chi connectivity index (χ3v) is 3.83. The van der Waals surface area contributed by atoms with E-state index in [-0.39, 0.29) is 18.1 Å². The smallest absolute Gasteiger partial charge is 0.384 e. The van der Waals surface area contributed by atoms with E-state index in [0.29, 0.717) is 17.9 Å². The maximum absolute atomic E-state index is 12.1. The Morgan fingerprint density at radius 1 is 1.00 bits per heavy atom. The molecule has 0 saturated heterocycles. The fraction of sp³-hybridized carbons (Fsp3) is 0.158. The summed E-state index contributed by atoms with van der Waals surface area (Å²) >= 11 is 0. The van der Waals surface area contributed by atoms with Gasteiger partial charge >= 0.3 is 11.9 Å². The highest BCUT2D eigenvalue weighted by Crippen LogP contribution is 2.32. The van der Waals surface area contributed by atoms with E-state index >= 15 is 0 Å². The molecule has 2 aromatic carbocycles. The predicted molar refractivity (Wildman–Crippen MR) is 87.2 cm³/mol. The minimum atomic E-state index is -0.914. The molecule has 0 N–H and O–H groups in total. The maximum atomic E-state index is 12.1. The summed E-state index contributed by atoms with van der Waals surface area (Å²) in [5.41, 5.74) is 1.17. The second-order valence-corrected chi connectivity index (χ2v) is 5.60. The molecule has 0 amide bonds. The van der Waals surface area contributed by atoms with Gasteiger partial charge < -0.3 is 23.7 Å². The van der Waals surface area contributed by atoms with Gasteiger partial charge in [0.15, 0.2) is 11.5 Å². The van der Waals surface area contributed by atoms with E-state index in [1.54, 1.807) is 6.07 Å². The number of hydrogen-bond donors (Lipinski definition) is 0. The second-order valence-electron chi connectivity index (χ2n) is 5.60. The summed E-state index contributed by atoms with van der Waals surface area (Å²) < 4.78 is 25.9. The van der Waals surface area contributed by atoms with Crippen LogP contribution in [0.15, 0.2) is 60.6 Å². The highest BCUT2D eigenvalue weighted by atomic mass is 16.7. The quantitative estimate of drug-likeness (QED) is 0.616. The first kappa shape index (κ1) is 16.0. The topological polar surface area (TPSA) is 80.3 Å². The molecule has 0 bridgehead atoms. The lowest BCUT2D eigenvalue weighted by Gasteiger charge is -2.11. The van der Waals surface area contributed by atoms with Crippen LogP contribution < -0.4 is 9.47 Å². The maximum Gasteiger partial charge on any atom is 0.384 e. The molecule has 2 aromatic rings. The molecular weight excluding hydrogens is 340 g/mol. The Morgan fingerprint density at radius 2 is 1.81 bits per heavy atom. The third-order valence-electron chi connectivity index (χ3n) is 3.83. The summed E-state index contributed by atoms with van der Waals surface area (Å²) in [4.78, 5) is 24.2. The van der Waals surface area contributed by atoms with Crippen LogP contribution in [0.1, 0.15) is 15.9 Å². The van der Waals surface area contributed by atoms with Gasteiger partial charge in [0.25, 0.3) is 0 Å². The number of carbonyl (C=O) groups is 2. The van der Waals surface area contributed by atoms with Gasteiger partial charge in [0.2, 0.25) is 18.8 Å². The van der Waals surface area contributed by atoms with Crippen LogP contribution in [-0.4, -0.2) is 25.0 Å². The Hall–Kier alpha value is -3.48. The molecule has 0 aliphatic carbocycles. The molecule has 2 heterocycles. The van der Waals surface area contributed by atoms with Crippen molar-refractivity contribution in [2.45, 2.75) is 12.7 Å². The first-order valence-corrected chi connectivity index (χ1v) is 7.91. The van der Waals surface area contributed by atoms with Crippen molar-refractivity contribution in [1.82, 2.24) is 0 Å². The van der Waals surface area contributed by atoms with Crippen LogP contribution in [0, 0.1) is 0 Å². The third kappa shape index (κ3) is 3.32. The molecule has 132 valence electrons. The molecule has 2 aliphatic rings. The molecule has 1 unspecified atom stereocenters. The van der Waals surface area contributed by atoms with Crippen molar-refractivity contribution in [1.29, 1.82) is 0 Å². The molecular formula is C19H14O7. The van der Waals surface area contributed by atoms with Gasteiger partial charge in [-0.05, 0) is 23.8 Å². The van der Waals surface area contributed by atoms with E-state index in [2.05, 4.69) is 0 Å². The molecule has 0 fully saturated rings. The average molecular weight is 354 g/mol. The molecule has 7 heteroatoms. The lowest BCUT2D eigenvalue weighted by Crippen LogP contribution is -2.18. The van der Waals surface area contributed by atoms with Gasteiger partial charge in [-0.1, -0.05) is 30.3 Å². The molecule has 2 aliphatic heterocycles. The Labute approximate surface area is 148 Å². The lowest BCUT2D eigenvalue weighted by molar-refractivity contribution is -0.139. The standard InChI is InChI=1S/C19H14O7/c20-18(13-6-7-14-15(9-13)24-11-23-14)26-19(21)16-10-22-17(25-16)8-12-4-2-1-3-5-12/h1-7,9-10,17H,8,11H2. The first-order valence-electron chi connectivity index (χ1n) is 7.91. The van der Waals surface area contributed by atoms with Crippen LogP contribution >= 0.6 is 0 Å². The van der Waals surface area contributed by atoms with Crippen molar-refractivity contribution < 1.29 is 33.3 Å². The molecule has 26 heavy (non-hydrogen) atoms. The minimum Gasteiger partial charge on any atom is -0.458 e. The summed E-state index contributed by atoms with van der Waals surface area (Å²) in [6.45, 7) is 0.0909. The van der Waals surface area contributed by atoms with Crippen LogP contribution in [0.3, 0.4) is 0 Å². The van der Waals surface area contributed by atoms with Crippen molar-refractivity contribution in [2.75, 3.05) is 6.79 Å². The van der Waals surface area contributed by atoms with Crippen LogP contribution in [0.2, 0.25) is 0 Å². The molecule has 0 saturated carbocycles. The van der Waals surface area contributed by atoms with Crippen molar-refractivity contribution in [3.8, 4) is 11.5 Å². The molecule has 7 nitrogen and oxygen atoms in total. The van der Waals surface area contributed by atoms with Crippen molar-refractivity contribution in [3.63, 3.8) is 0 Å². The van der Waals surface area contributed by atoms with Crippen LogP contribution in [-0.2, 0) is 25.4 Å². The van der Waals surface area contributed by atoms with Gasteiger partial charge in [0.1, 0.15) is 6.26 Å². The molecule has 0 aromatic heterocycles. The van der Waals surface area contributed by atoms with E-state index in [0.717, 1.165) is 11.8 Å². The molecule has 4 rings (SSSR count). The van der Waals surface area contributed by atoms with E-state index < -0.39 is 18.2 Å². The fourth-order valence-corrected chi connectivity index (χ4v) is 2.54. The van der Waals surface area contributed by atoms with E-state index in [9.17, 15) is 9.59 Å². The number of ether oxygens (including phenoxy) is 5. The average Bonchev–Trinajstić information content (AvgIpc) is 3.31. The monoisotopic (exact) mass is 354 g/mol. The second kappa shape index (κ2) is 6.79. The van der Waals surface area contributed by atoms with E-state index in [1.807, 2.05) is 30.3 Å². The number of benzene rings is 2. The summed E-state index contributed by atoms with van der Waals surface area (Å²) in [5, 5.41) is 0. The Bertz CT molecular complexity index is 873. The van der Waals surface area contributed by atoms with E-state index in [4.69, 9.17) is 23.7 Å². The normalized spacial score (nSPS) is 17.1. The van der Waals surface area contributed by atoms with Crippen molar-refractivity contribution >= 4 is 11.9 Å². The Morgan fingerprint density at radius 3 is 2.65 bits per heavy atom. The van der Waals surface area contributed by atoms with Crippen LogP contribution in [0.4, 0.5) is 0 Å². The van der Waals surface area contributed by atoms with Gasteiger partial charge in [0, 0.05) is 6.42 Å². The van der Waals surface area contributed by atoms with Crippen molar-refractivity contribution in [2.24, 2.45) is 0 Å². The molecule has 1 atom stereocenters. The van der Waals surface area contributed by atoms with Crippen molar-refractivity contribution in [3.05, 3.63) is 71.7 Å². The minimum absolute atomic E-state index is 0.0909. The molecule has 0 radical (unpaired) electrons. The zero-order valence-electron chi connectivity index (χ0n) is 13.5. The van der Waals surface area contributed by atoms with Gasteiger partial charge in [-0.25, -0.2) is 9.59 Å². The van der Waals surface area contributed by atoms with Gasteiger partial charge in [0.05, 0.1) is 5.56 Å². The summed E-state index contributed by atoms with van der Waals surface area (Å²) in [7, 11) is 0. The number of fused-ring (bicyclic) bond motifs is 1. The number of esters is 2. The predicted octanol–water partition coefficient (Wildman–Crippen LogP) is 2.56. The molecule has 0 spiro atoms. The van der Waals surface area contributed by atoms with Gasteiger partial charge in [-0.15, -0.1) is 0 Å². The van der Waals surface area contributed by atoms with E-state index in [1.165, 1.54) is 12.1 Å². The summed E-state index contributed by atoms with van der Waals surface area (Å²) in [6, 6.07) is 14.1. The Kier molecular flexibility index (Phi) is 4.18. The SMILES string of the molecule is O=C(OC(=O)c1ccc2c(c1)OCO2)C1=COC(Cc2ccccc2)O1.